The van der Waals surface area contributed by atoms with Crippen molar-refractivity contribution in [2.45, 2.75) is 0 Å². The Bertz CT molecular complexity index is 656. The molecule has 2 N–H and O–H groups in total. The minimum Gasteiger partial charge on any atom is -0.325 e. The highest BCUT2D eigenvalue weighted by molar-refractivity contribution is 6.42. The fourth-order valence-corrected chi connectivity index (χ4v) is 2.22. The second-order valence-corrected chi connectivity index (χ2v) is 4.75. The van der Waals surface area contributed by atoms with Gasteiger partial charge in [0.2, 0.25) is 0 Å². The molecule has 0 saturated carbocycles. The Hall–Kier alpha value is -1.56. The quantitative estimate of drug-likeness (QED) is 0.894. The second-order valence-electron chi connectivity index (χ2n) is 3.49. The van der Waals surface area contributed by atoms with E-state index in [4.69, 9.17) is 34.8 Å². The van der Waals surface area contributed by atoms with Gasteiger partial charge in [-0.1, -0.05) is 34.8 Å². The van der Waals surface area contributed by atoms with Gasteiger partial charge in [0, 0.05) is 11.2 Å². The van der Waals surface area contributed by atoms with E-state index in [1.54, 1.807) is 0 Å². The molecule has 0 atom stereocenters. The highest BCUT2D eigenvalue weighted by Gasteiger charge is 2.13. The van der Waals surface area contributed by atoms with Crippen LogP contribution in [0.15, 0.2) is 29.3 Å². The van der Waals surface area contributed by atoms with Gasteiger partial charge < -0.3 is 10.3 Å². The molecule has 1 heterocycles. The average Bonchev–Trinajstić information content (AvgIpc) is 2.34. The predicted octanol–water partition coefficient (Wildman–Crippen LogP) is 2.98. The number of rotatable bonds is 2. The number of halogens is 3. The van der Waals surface area contributed by atoms with Gasteiger partial charge in [0.1, 0.15) is 5.69 Å². The lowest BCUT2D eigenvalue weighted by Crippen LogP contribution is -2.17. The molecule has 8 heteroatoms. The highest BCUT2D eigenvalue weighted by atomic mass is 35.5. The van der Waals surface area contributed by atoms with Crippen molar-refractivity contribution in [2.24, 2.45) is 0 Å². The summed E-state index contributed by atoms with van der Waals surface area (Å²) in [5.74, 6) is -0.553. The molecule has 2 rings (SSSR count). The van der Waals surface area contributed by atoms with E-state index in [2.05, 4.69) is 15.3 Å². The van der Waals surface area contributed by atoms with Gasteiger partial charge in [0.15, 0.2) is 0 Å². The molecule has 1 aromatic heterocycles. The van der Waals surface area contributed by atoms with Crippen molar-refractivity contribution in [3.8, 4) is 0 Å². The zero-order chi connectivity index (χ0) is 14.0. The van der Waals surface area contributed by atoms with Gasteiger partial charge in [-0.15, -0.1) is 0 Å². The lowest BCUT2D eigenvalue weighted by Gasteiger charge is -2.09. The zero-order valence-electron chi connectivity index (χ0n) is 9.21. The Morgan fingerprint density at radius 3 is 2.37 bits per heavy atom. The lowest BCUT2D eigenvalue weighted by molar-refractivity contribution is 0.102. The van der Waals surface area contributed by atoms with E-state index in [-0.39, 0.29) is 21.4 Å². The number of hydrogen-bond donors (Lipinski definition) is 2. The molecule has 0 bridgehead atoms. The molecule has 2 aromatic rings. The van der Waals surface area contributed by atoms with Crippen molar-refractivity contribution in [2.75, 3.05) is 5.32 Å². The molecule has 0 fully saturated rings. The predicted molar refractivity (Wildman–Crippen MR) is 74.3 cm³/mol. The third-order valence-corrected chi connectivity index (χ3v) is 2.96. The first kappa shape index (κ1) is 13.9. The summed E-state index contributed by atoms with van der Waals surface area (Å²) >= 11 is 17.6. The van der Waals surface area contributed by atoms with Crippen LogP contribution >= 0.6 is 34.8 Å². The maximum absolute atomic E-state index is 11.9. The summed E-state index contributed by atoms with van der Waals surface area (Å²) in [6, 6.07) is 2.90. The van der Waals surface area contributed by atoms with Crippen molar-refractivity contribution in [3.05, 3.63) is 55.6 Å². The van der Waals surface area contributed by atoms with Crippen LogP contribution in [-0.2, 0) is 0 Å². The van der Waals surface area contributed by atoms with E-state index in [9.17, 15) is 9.59 Å². The summed E-state index contributed by atoms with van der Waals surface area (Å²) in [6.07, 6.45) is 2.19. The van der Waals surface area contributed by atoms with Gasteiger partial charge in [-0.2, -0.15) is 0 Å². The maximum atomic E-state index is 11.9. The first-order valence-corrected chi connectivity index (χ1v) is 6.11. The lowest BCUT2D eigenvalue weighted by atomic mass is 10.3. The smallest absolute Gasteiger partial charge is 0.275 e. The van der Waals surface area contributed by atoms with E-state index >= 15 is 0 Å². The fourth-order valence-electron chi connectivity index (χ4n) is 1.31. The van der Waals surface area contributed by atoms with Crippen LogP contribution in [0, 0.1) is 0 Å². The number of carbonyl (C=O) groups excluding carboxylic acids is 1. The molecule has 0 radical (unpaired) electrons. The summed E-state index contributed by atoms with van der Waals surface area (Å²) < 4.78 is 0. The summed E-state index contributed by atoms with van der Waals surface area (Å²) in [5, 5.41) is 3.26. The molecule has 0 spiro atoms. The first-order chi connectivity index (χ1) is 8.97. The van der Waals surface area contributed by atoms with Crippen LogP contribution < -0.4 is 10.9 Å². The Labute approximate surface area is 122 Å². The zero-order valence-corrected chi connectivity index (χ0v) is 11.5. The Morgan fingerprint density at radius 2 is 1.84 bits per heavy atom. The molecule has 0 aliphatic carbocycles. The Morgan fingerprint density at radius 1 is 1.21 bits per heavy atom. The van der Waals surface area contributed by atoms with Crippen molar-refractivity contribution in [3.63, 3.8) is 0 Å². The fraction of sp³-hybridized carbons (Fsp3) is 0. The maximum Gasteiger partial charge on any atom is 0.275 e. The normalized spacial score (nSPS) is 10.3. The minimum absolute atomic E-state index is 0.0293. The highest BCUT2D eigenvalue weighted by Crippen LogP contribution is 2.33. The number of aromatic nitrogens is 2. The van der Waals surface area contributed by atoms with Crippen molar-refractivity contribution in [1.82, 2.24) is 9.97 Å². The molecular formula is C11H6Cl3N3O2. The molecule has 1 amide bonds. The molecule has 0 saturated heterocycles. The van der Waals surface area contributed by atoms with E-state index in [1.807, 2.05) is 0 Å². The largest absolute Gasteiger partial charge is 0.325 e. The van der Waals surface area contributed by atoms with Crippen LogP contribution in [0.3, 0.4) is 0 Å². The van der Waals surface area contributed by atoms with E-state index in [0.29, 0.717) is 5.02 Å². The number of nitrogens with one attached hydrogen (secondary N) is 2. The molecule has 98 valence electrons. The second kappa shape index (κ2) is 5.61. The van der Waals surface area contributed by atoms with Crippen LogP contribution in [0.2, 0.25) is 15.1 Å². The average molecular weight is 319 g/mol. The summed E-state index contributed by atoms with van der Waals surface area (Å²) in [7, 11) is 0. The summed E-state index contributed by atoms with van der Waals surface area (Å²) in [4.78, 5) is 28.7. The van der Waals surface area contributed by atoms with Crippen LogP contribution in [-0.4, -0.2) is 15.9 Å². The number of anilines is 1. The number of carbonyl (C=O) groups is 1. The van der Waals surface area contributed by atoms with Gasteiger partial charge in [-0.3, -0.25) is 9.59 Å². The van der Waals surface area contributed by atoms with Gasteiger partial charge >= 0.3 is 0 Å². The van der Waals surface area contributed by atoms with Crippen LogP contribution in [0.5, 0.6) is 0 Å². The number of amides is 1. The molecule has 0 aliphatic rings. The van der Waals surface area contributed by atoms with E-state index in [1.165, 1.54) is 18.3 Å². The number of nitrogens with zero attached hydrogens (tertiary/aromatic N) is 1. The van der Waals surface area contributed by atoms with Crippen LogP contribution in [0.25, 0.3) is 0 Å². The number of H-pyrrole nitrogens is 1. The molecule has 0 aliphatic heterocycles. The first-order valence-electron chi connectivity index (χ1n) is 4.98. The number of benzene rings is 1. The van der Waals surface area contributed by atoms with Crippen molar-refractivity contribution in [1.29, 1.82) is 0 Å². The molecule has 19 heavy (non-hydrogen) atoms. The third-order valence-electron chi connectivity index (χ3n) is 2.15. The Balaban J connectivity index is 2.29. The molecular weight excluding hydrogens is 312 g/mol. The Kier molecular flexibility index (Phi) is 4.09. The van der Waals surface area contributed by atoms with Crippen LogP contribution in [0.4, 0.5) is 5.69 Å². The van der Waals surface area contributed by atoms with E-state index in [0.717, 1.165) is 6.20 Å². The summed E-state index contributed by atoms with van der Waals surface area (Å²) in [6.45, 7) is 0. The number of hydrogen-bond acceptors (Lipinski definition) is 3. The van der Waals surface area contributed by atoms with Crippen LogP contribution in [0.1, 0.15) is 10.5 Å². The van der Waals surface area contributed by atoms with Crippen molar-refractivity contribution >= 4 is 46.4 Å². The third kappa shape index (κ3) is 3.26. The monoisotopic (exact) mass is 317 g/mol. The van der Waals surface area contributed by atoms with Crippen molar-refractivity contribution < 1.29 is 4.79 Å². The molecule has 5 nitrogen and oxygen atoms in total. The minimum atomic E-state index is -0.553. The standard InChI is InChI=1S/C11H6Cl3N3O2/c12-5-1-6(13)10(7(14)2-5)17-11(19)8-3-16-9(18)4-15-8/h1-4H,(H,16,18)(H,17,19). The topological polar surface area (TPSA) is 74.8 Å². The van der Waals surface area contributed by atoms with Gasteiger partial charge in [0.05, 0.1) is 21.9 Å². The van der Waals surface area contributed by atoms with Gasteiger partial charge in [-0.05, 0) is 12.1 Å². The molecule has 0 unspecified atom stereocenters. The van der Waals surface area contributed by atoms with E-state index < -0.39 is 11.5 Å². The van der Waals surface area contributed by atoms with Gasteiger partial charge in [-0.25, -0.2) is 4.98 Å². The SMILES string of the molecule is O=C(Nc1c(Cl)cc(Cl)cc1Cl)c1c[nH]c(=O)cn1. The number of aromatic amines is 1. The summed E-state index contributed by atoms with van der Waals surface area (Å²) in [5.41, 5.74) is -0.147. The molecule has 1 aromatic carbocycles. The van der Waals surface area contributed by atoms with Gasteiger partial charge in [0.25, 0.3) is 11.5 Å².